The number of nitrogens with one attached hydrogen (secondary N) is 1. The smallest absolute Gasteiger partial charge is 0.149 e. The van der Waals surface area contributed by atoms with E-state index in [-0.39, 0.29) is 11.8 Å². The second kappa shape index (κ2) is 5.47. The highest BCUT2D eigenvalue weighted by Crippen LogP contribution is 1.91. The monoisotopic (exact) mass is 196 g/mol. The van der Waals surface area contributed by atoms with Gasteiger partial charge in [-0.25, -0.2) is 8.42 Å². The van der Waals surface area contributed by atoms with Gasteiger partial charge in [-0.3, -0.25) is 11.3 Å². The maximum absolute atomic E-state index is 10.8. The fourth-order valence-electron chi connectivity index (χ4n) is 0.770. The van der Waals surface area contributed by atoms with Gasteiger partial charge in [-0.15, -0.1) is 0 Å². The zero-order chi connectivity index (χ0) is 9.61. The summed E-state index contributed by atoms with van der Waals surface area (Å²) >= 11 is 0. The Balaban J connectivity index is 3.83. The van der Waals surface area contributed by atoms with E-state index in [4.69, 9.17) is 10.6 Å². The van der Waals surface area contributed by atoms with Crippen molar-refractivity contribution in [3.05, 3.63) is 0 Å². The summed E-state index contributed by atoms with van der Waals surface area (Å²) in [4.78, 5) is 0. The lowest BCUT2D eigenvalue weighted by Crippen LogP contribution is -2.43. The predicted molar refractivity (Wildman–Crippen MR) is 47.3 cm³/mol. The SMILES string of the molecule is CCOCC(CS(C)(=O)=O)NN. The third kappa shape index (κ3) is 6.53. The van der Waals surface area contributed by atoms with Crippen molar-refractivity contribution in [1.29, 1.82) is 0 Å². The highest BCUT2D eigenvalue weighted by molar-refractivity contribution is 7.90. The van der Waals surface area contributed by atoms with Gasteiger partial charge in [-0.05, 0) is 6.92 Å². The number of hydrogen-bond acceptors (Lipinski definition) is 5. The van der Waals surface area contributed by atoms with Crippen LogP contribution in [0.2, 0.25) is 0 Å². The summed E-state index contributed by atoms with van der Waals surface area (Å²) in [6.07, 6.45) is 1.17. The molecule has 0 radical (unpaired) electrons. The standard InChI is InChI=1S/C6H16N2O3S/c1-3-11-4-6(8-7)5-12(2,9)10/h6,8H,3-5,7H2,1-2H3. The molecule has 0 aliphatic rings. The van der Waals surface area contributed by atoms with Gasteiger partial charge in [0.25, 0.3) is 0 Å². The quantitative estimate of drug-likeness (QED) is 0.416. The first-order valence-electron chi connectivity index (χ1n) is 3.71. The van der Waals surface area contributed by atoms with E-state index in [0.717, 1.165) is 0 Å². The van der Waals surface area contributed by atoms with Gasteiger partial charge >= 0.3 is 0 Å². The van der Waals surface area contributed by atoms with E-state index in [1.165, 1.54) is 6.26 Å². The molecule has 5 nitrogen and oxygen atoms in total. The Bertz CT molecular complexity index is 203. The molecular formula is C6H16N2O3S. The van der Waals surface area contributed by atoms with Crippen LogP contribution in [-0.2, 0) is 14.6 Å². The zero-order valence-corrected chi connectivity index (χ0v) is 8.23. The zero-order valence-electron chi connectivity index (χ0n) is 7.41. The molecule has 1 unspecified atom stereocenters. The van der Waals surface area contributed by atoms with E-state index in [2.05, 4.69) is 5.43 Å². The molecule has 1 atom stereocenters. The lowest BCUT2D eigenvalue weighted by molar-refractivity contribution is 0.128. The van der Waals surface area contributed by atoms with Gasteiger partial charge in [0.2, 0.25) is 0 Å². The second-order valence-electron chi connectivity index (χ2n) is 2.62. The van der Waals surface area contributed by atoms with Crippen molar-refractivity contribution in [2.75, 3.05) is 25.2 Å². The van der Waals surface area contributed by atoms with Crippen molar-refractivity contribution in [2.45, 2.75) is 13.0 Å². The first-order chi connectivity index (χ1) is 5.49. The molecule has 0 heterocycles. The summed E-state index contributed by atoms with van der Waals surface area (Å²) in [5, 5.41) is 0. The Kier molecular flexibility index (Phi) is 5.39. The van der Waals surface area contributed by atoms with E-state index in [0.29, 0.717) is 13.2 Å². The van der Waals surface area contributed by atoms with Gasteiger partial charge in [0, 0.05) is 12.9 Å². The van der Waals surface area contributed by atoms with Gasteiger partial charge < -0.3 is 4.74 Å². The third-order valence-corrected chi connectivity index (χ3v) is 2.27. The average Bonchev–Trinajstić information content (AvgIpc) is 1.95. The van der Waals surface area contributed by atoms with Crippen molar-refractivity contribution < 1.29 is 13.2 Å². The third-order valence-electron chi connectivity index (χ3n) is 1.26. The molecule has 0 bridgehead atoms. The number of sulfone groups is 1. The predicted octanol–water partition coefficient (Wildman–Crippen LogP) is -1.10. The summed E-state index contributed by atoms with van der Waals surface area (Å²) < 4.78 is 26.7. The van der Waals surface area contributed by atoms with E-state index < -0.39 is 9.84 Å². The number of nitrogens with two attached hydrogens (primary N) is 1. The lowest BCUT2D eigenvalue weighted by atomic mass is 10.4. The Morgan fingerprint density at radius 1 is 1.58 bits per heavy atom. The van der Waals surface area contributed by atoms with Crippen LogP contribution < -0.4 is 11.3 Å². The van der Waals surface area contributed by atoms with Gasteiger partial charge in [-0.2, -0.15) is 0 Å². The maximum atomic E-state index is 10.8. The van der Waals surface area contributed by atoms with Gasteiger partial charge in [0.05, 0.1) is 18.4 Å². The number of rotatable bonds is 6. The van der Waals surface area contributed by atoms with Crippen molar-refractivity contribution in [3.63, 3.8) is 0 Å². The summed E-state index contributed by atoms with van der Waals surface area (Å²) in [5.41, 5.74) is 2.39. The Labute approximate surface area is 73.2 Å². The van der Waals surface area contributed by atoms with Crippen LogP contribution in [0, 0.1) is 0 Å². The largest absolute Gasteiger partial charge is 0.380 e. The molecule has 0 aromatic carbocycles. The van der Waals surface area contributed by atoms with Crippen LogP contribution in [0.5, 0.6) is 0 Å². The fraction of sp³-hybridized carbons (Fsp3) is 1.00. The van der Waals surface area contributed by atoms with Crippen LogP contribution in [0.4, 0.5) is 0 Å². The van der Waals surface area contributed by atoms with Crippen molar-refractivity contribution >= 4 is 9.84 Å². The van der Waals surface area contributed by atoms with Crippen molar-refractivity contribution in [1.82, 2.24) is 5.43 Å². The van der Waals surface area contributed by atoms with Crippen LogP contribution in [0.3, 0.4) is 0 Å². The van der Waals surface area contributed by atoms with Crippen LogP contribution in [0.15, 0.2) is 0 Å². The maximum Gasteiger partial charge on any atom is 0.149 e. The van der Waals surface area contributed by atoms with E-state index in [9.17, 15) is 8.42 Å². The van der Waals surface area contributed by atoms with Crippen molar-refractivity contribution in [2.24, 2.45) is 5.84 Å². The molecule has 0 spiro atoms. The molecule has 0 amide bonds. The van der Waals surface area contributed by atoms with Crippen molar-refractivity contribution in [3.8, 4) is 0 Å². The molecule has 0 rings (SSSR count). The molecule has 12 heavy (non-hydrogen) atoms. The summed E-state index contributed by atoms with van der Waals surface area (Å²) in [6, 6.07) is -0.319. The molecule has 3 N–H and O–H groups in total. The van der Waals surface area contributed by atoms with Crippen LogP contribution in [0.1, 0.15) is 6.92 Å². The van der Waals surface area contributed by atoms with E-state index >= 15 is 0 Å². The minimum Gasteiger partial charge on any atom is -0.380 e. The van der Waals surface area contributed by atoms with E-state index in [1.54, 1.807) is 0 Å². The molecule has 0 saturated carbocycles. The number of hydrazine groups is 1. The molecule has 0 aromatic heterocycles. The van der Waals surface area contributed by atoms with Gasteiger partial charge in [0.15, 0.2) is 0 Å². The second-order valence-corrected chi connectivity index (χ2v) is 4.80. The topological polar surface area (TPSA) is 81.4 Å². The first-order valence-corrected chi connectivity index (χ1v) is 5.77. The Morgan fingerprint density at radius 2 is 2.17 bits per heavy atom. The Morgan fingerprint density at radius 3 is 2.50 bits per heavy atom. The highest BCUT2D eigenvalue weighted by atomic mass is 32.2. The molecule has 6 heteroatoms. The molecule has 0 saturated heterocycles. The normalized spacial score (nSPS) is 14.6. The minimum atomic E-state index is -2.99. The minimum absolute atomic E-state index is 0.00347. The van der Waals surface area contributed by atoms with Gasteiger partial charge in [0.1, 0.15) is 9.84 Å². The number of ether oxygens (including phenoxy) is 1. The molecule has 0 aliphatic carbocycles. The average molecular weight is 196 g/mol. The van der Waals surface area contributed by atoms with Crippen LogP contribution in [-0.4, -0.2) is 39.7 Å². The summed E-state index contributed by atoms with van der Waals surface area (Å²) in [6.45, 7) is 2.72. The molecule has 0 fully saturated rings. The highest BCUT2D eigenvalue weighted by Gasteiger charge is 2.13. The lowest BCUT2D eigenvalue weighted by Gasteiger charge is -2.13. The van der Waals surface area contributed by atoms with Crippen LogP contribution in [0.25, 0.3) is 0 Å². The summed E-state index contributed by atoms with van der Waals surface area (Å²) in [7, 11) is -2.99. The molecular weight excluding hydrogens is 180 g/mol. The van der Waals surface area contributed by atoms with Gasteiger partial charge in [-0.1, -0.05) is 0 Å². The fourth-order valence-corrected chi connectivity index (χ4v) is 1.69. The van der Waals surface area contributed by atoms with E-state index in [1.807, 2.05) is 6.92 Å². The summed E-state index contributed by atoms with van der Waals surface area (Å²) in [5.74, 6) is 5.13. The molecule has 0 aliphatic heterocycles. The molecule has 0 aromatic rings. The van der Waals surface area contributed by atoms with Crippen LogP contribution >= 0.6 is 0 Å². The number of hydrogen-bond donors (Lipinski definition) is 2. The first kappa shape index (κ1) is 11.8. The molecule has 74 valence electrons. The Hall–Kier alpha value is -0.170.